The van der Waals surface area contributed by atoms with Gasteiger partial charge in [0, 0.05) is 5.02 Å². The fraction of sp³-hybridized carbons (Fsp3) is 0.158. The molecule has 146 valence electrons. The van der Waals surface area contributed by atoms with Crippen LogP contribution in [0.4, 0.5) is 5.82 Å². The van der Waals surface area contributed by atoms with E-state index < -0.39 is 16.0 Å². The van der Waals surface area contributed by atoms with E-state index in [1.54, 1.807) is 50.2 Å². The molecule has 2 aromatic carbocycles. The van der Waals surface area contributed by atoms with E-state index >= 15 is 0 Å². The van der Waals surface area contributed by atoms with Crippen molar-refractivity contribution in [1.82, 2.24) is 9.78 Å². The van der Waals surface area contributed by atoms with E-state index in [1.807, 2.05) is 6.07 Å². The van der Waals surface area contributed by atoms with Gasteiger partial charge >= 0.3 is 5.97 Å². The number of sulfonamides is 1. The number of carbonyl (C=O) groups excluding carboxylic acids is 1. The summed E-state index contributed by atoms with van der Waals surface area (Å²) in [6.45, 7) is 3.42. The fourth-order valence-corrected chi connectivity index (χ4v) is 4.19. The Hall–Kier alpha value is -2.84. The lowest BCUT2D eigenvalue weighted by molar-refractivity contribution is 0.0527. The topological polar surface area (TPSA) is 90.3 Å². The summed E-state index contributed by atoms with van der Waals surface area (Å²) in [6.07, 6.45) is 1.27. The minimum Gasteiger partial charge on any atom is -0.462 e. The molecule has 0 atom stereocenters. The summed E-state index contributed by atoms with van der Waals surface area (Å²) in [5.74, 6) is -0.686. The van der Waals surface area contributed by atoms with Gasteiger partial charge in [0.15, 0.2) is 5.82 Å². The molecule has 1 N–H and O–H groups in total. The number of para-hydroxylation sites is 1. The number of ether oxygens (including phenoxy) is 1. The van der Waals surface area contributed by atoms with Gasteiger partial charge in [-0.25, -0.2) is 17.9 Å². The molecular formula is C19H18ClN3O4S. The number of esters is 1. The monoisotopic (exact) mass is 419 g/mol. The van der Waals surface area contributed by atoms with E-state index in [-0.39, 0.29) is 22.9 Å². The summed E-state index contributed by atoms with van der Waals surface area (Å²) in [6, 6.07) is 13.4. The number of nitrogens with one attached hydrogen (secondary N) is 1. The smallest absolute Gasteiger partial charge is 0.343 e. The summed E-state index contributed by atoms with van der Waals surface area (Å²) >= 11 is 6.07. The molecule has 1 heterocycles. The molecule has 0 aliphatic rings. The second-order valence-corrected chi connectivity index (χ2v) is 7.90. The van der Waals surface area contributed by atoms with Gasteiger partial charge in [-0.2, -0.15) is 5.10 Å². The van der Waals surface area contributed by atoms with E-state index in [2.05, 4.69) is 9.82 Å². The van der Waals surface area contributed by atoms with Crippen LogP contribution in [0.2, 0.25) is 5.02 Å². The van der Waals surface area contributed by atoms with Gasteiger partial charge in [-0.15, -0.1) is 0 Å². The van der Waals surface area contributed by atoms with Crippen molar-refractivity contribution >= 4 is 33.4 Å². The number of rotatable bonds is 6. The van der Waals surface area contributed by atoms with Crippen molar-refractivity contribution < 1.29 is 17.9 Å². The number of hydrogen-bond donors (Lipinski definition) is 1. The van der Waals surface area contributed by atoms with Crippen LogP contribution in [0.25, 0.3) is 5.69 Å². The number of aromatic nitrogens is 2. The van der Waals surface area contributed by atoms with Gasteiger partial charge in [-0.1, -0.05) is 35.9 Å². The predicted molar refractivity (Wildman–Crippen MR) is 107 cm³/mol. The molecule has 0 fully saturated rings. The zero-order valence-electron chi connectivity index (χ0n) is 15.2. The van der Waals surface area contributed by atoms with Gasteiger partial charge in [0.05, 0.1) is 23.4 Å². The Morgan fingerprint density at radius 1 is 1.18 bits per heavy atom. The first-order valence-corrected chi connectivity index (χ1v) is 10.3. The van der Waals surface area contributed by atoms with Crippen LogP contribution in [0, 0.1) is 6.92 Å². The summed E-state index contributed by atoms with van der Waals surface area (Å²) in [5, 5.41) is 4.49. The van der Waals surface area contributed by atoms with Crippen molar-refractivity contribution in [2.24, 2.45) is 0 Å². The Bertz CT molecular complexity index is 1110. The highest BCUT2D eigenvalue weighted by Gasteiger charge is 2.26. The van der Waals surface area contributed by atoms with Gasteiger partial charge in [0.25, 0.3) is 10.0 Å². The van der Waals surface area contributed by atoms with E-state index in [9.17, 15) is 13.2 Å². The molecule has 0 aliphatic heterocycles. The summed E-state index contributed by atoms with van der Waals surface area (Å²) in [4.78, 5) is 12.3. The van der Waals surface area contributed by atoms with Crippen LogP contribution in [-0.4, -0.2) is 30.8 Å². The zero-order chi connectivity index (χ0) is 20.3. The van der Waals surface area contributed by atoms with Crippen LogP contribution < -0.4 is 4.72 Å². The minimum absolute atomic E-state index is 0.00830. The highest BCUT2D eigenvalue weighted by atomic mass is 35.5. The highest BCUT2D eigenvalue weighted by Crippen LogP contribution is 2.28. The molecule has 0 spiro atoms. The van der Waals surface area contributed by atoms with E-state index in [0.29, 0.717) is 16.3 Å². The Kier molecular flexibility index (Phi) is 5.71. The Labute approximate surface area is 168 Å². The molecule has 0 saturated heterocycles. The fourth-order valence-electron chi connectivity index (χ4n) is 2.63. The van der Waals surface area contributed by atoms with Crippen molar-refractivity contribution in [3.05, 3.63) is 70.9 Å². The van der Waals surface area contributed by atoms with Crippen LogP contribution in [-0.2, 0) is 14.8 Å². The zero-order valence-corrected chi connectivity index (χ0v) is 16.8. The third-order valence-electron chi connectivity index (χ3n) is 4.00. The van der Waals surface area contributed by atoms with Crippen LogP contribution in [0.3, 0.4) is 0 Å². The number of nitrogens with zero attached hydrogens (tertiary/aromatic N) is 2. The lowest BCUT2D eigenvalue weighted by Crippen LogP contribution is -2.19. The molecule has 0 amide bonds. The first-order valence-electron chi connectivity index (χ1n) is 8.43. The molecule has 0 saturated carbocycles. The number of anilines is 1. The Morgan fingerprint density at radius 2 is 1.89 bits per heavy atom. The average Bonchev–Trinajstić information content (AvgIpc) is 3.07. The number of carbonyl (C=O) groups is 1. The highest BCUT2D eigenvalue weighted by molar-refractivity contribution is 7.92. The summed E-state index contributed by atoms with van der Waals surface area (Å²) in [7, 11) is -4.04. The Balaban J connectivity index is 2.12. The Morgan fingerprint density at radius 3 is 2.57 bits per heavy atom. The maximum atomic E-state index is 13.0. The van der Waals surface area contributed by atoms with Crippen molar-refractivity contribution in [2.45, 2.75) is 18.7 Å². The minimum atomic E-state index is -4.04. The summed E-state index contributed by atoms with van der Waals surface area (Å²) in [5.41, 5.74) is 0.993. The second-order valence-electron chi connectivity index (χ2n) is 5.84. The van der Waals surface area contributed by atoms with Crippen molar-refractivity contribution in [3.63, 3.8) is 0 Å². The van der Waals surface area contributed by atoms with Crippen molar-refractivity contribution in [3.8, 4) is 5.69 Å². The third-order valence-corrected chi connectivity index (χ3v) is 5.90. The second kappa shape index (κ2) is 8.04. The van der Waals surface area contributed by atoms with Crippen molar-refractivity contribution in [1.29, 1.82) is 0 Å². The van der Waals surface area contributed by atoms with Gasteiger partial charge in [-0.05, 0) is 43.7 Å². The SMILES string of the molecule is CCOC(=O)c1cnn(-c2ccccc2)c1NS(=O)(=O)c1cccc(Cl)c1C. The van der Waals surface area contributed by atoms with E-state index in [1.165, 1.54) is 16.9 Å². The molecule has 3 aromatic rings. The first-order chi connectivity index (χ1) is 13.3. The van der Waals surface area contributed by atoms with Crippen LogP contribution in [0.1, 0.15) is 22.8 Å². The van der Waals surface area contributed by atoms with Gasteiger partial charge < -0.3 is 4.74 Å². The van der Waals surface area contributed by atoms with E-state index in [4.69, 9.17) is 16.3 Å². The van der Waals surface area contributed by atoms with Crippen LogP contribution in [0.15, 0.2) is 59.6 Å². The normalized spacial score (nSPS) is 11.2. The van der Waals surface area contributed by atoms with E-state index in [0.717, 1.165) is 0 Å². The average molecular weight is 420 g/mol. The molecule has 0 unspecified atom stereocenters. The molecule has 7 nitrogen and oxygen atoms in total. The third kappa shape index (κ3) is 3.88. The maximum Gasteiger partial charge on any atom is 0.343 e. The van der Waals surface area contributed by atoms with Gasteiger partial charge in [0.2, 0.25) is 0 Å². The lowest BCUT2D eigenvalue weighted by Gasteiger charge is -2.14. The molecule has 0 radical (unpaired) electrons. The molecule has 0 bridgehead atoms. The largest absolute Gasteiger partial charge is 0.462 e. The lowest BCUT2D eigenvalue weighted by atomic mass is 10.2. The predicted octanol–water partition coefficient (Wildman–Crippen LogP) is 3.81. The molecule has 3 rings (SSSR count). The number of hydrogen-bond acceptors (Lipinski definition) is 5. The number of halogens is 1. The summed E-state index contributed by atoms with van der Waals surface area (Å²) < 4.78 is 34.9. The van der Waals surface area contributed by atoms with Gasteiger partial charge in [-0.3, -0.25) is 4.72 Å². The molecular weight excluding hydrogens is 402 g/mol. The first kappa shape index (κ1) is 19.9. The standard InChI is InChI=1S/C19H18ClN3O4S/c1-3-27-19(24)15-12-21-23(14-8-5-4-6-9-14)18(15)22-28(25,26)17-11-7-10-16(20)13(17)2/h4-12,22H,3H2,1-2H3. The quantitative estimate of drug-likeness (QED) is 0.613. The number of benzene rings is 2. The molecule has 0 aliphatic carbocycles. The van der Waals surface area contributed by atoms with Gasteiger partial charge in [0.1, 0.15) is 5.56 Å². The maximum absolute atomic E-state index is 13.0. The molecule has 28 heavy (non-hydrogen) atoms. The van der Waals surface area contributed by atoms with Crippen LogP contribution in [0.5, 0.6) is 0 Å². The van der Waals surface area contributed by atoms with Crippen molar-refractivity contribution in [2.75, 3.05) is 11.3 Å². The molecule has 9 heteroatoms. The van der Waals surface area contributed by atoms with Crippen LogP contribution >= 0.6 is 11.6 Å². The molecule has 1 aromatic heterocycles.